The minimum atomic E-state index is -0.0105. The van der Waals surface area contributed by atoms with Crippen LogP contribution < -0.4 is 15.5 Å². The summed E-state index contributed by atoms with van der Waals surface area (Å²) in [6, 6.07) is 11.5. The summed E-state index contributed by atoms with van der Waals surface area (Å²) >= 11 is 0. The van der Waals surface area contributed by atoms with Crippen LogP contribution >= 0.6 is 0 Å². The van der Waals surface area contributed by atoms with Gasteiger partial charge >= 0.3 is 0 Å². The van der Waals surface area contributed by atoms with Crippen molar-refractivity contribution in [2.75, 3.05) is 41.8 Å². The van der Waals surface area contributed by atoms with Gasteiger partial charge in [0.15, 0.2) is 11.6 Å². The van der Waals surface area contributed by atoms with Crippen LogP contribution in [0.15, 0.2) is 47.1 Å². The predicted molar refractivity (Wildman–Crippen MR) is 137 cm³/mol. The highest BCUT2D eigenvalue weighted by atomic mass is 16.5. The van der Waals surface area contributed by atoms with E-state index in [1.165, 1.54) is 0 Å². The van der Waals surface area contributed by atoms with Crippen LogP contribution in [0.4, 0.5) is 23.4 Å². The molecule has 0 unspecified atom stereocenters. The number of aryl methyl sites for hydroxylation is 1. The molecule has 0 spiro atoms. The molecule has 188 valence electrons. The first-order chi connectivity index (χ1) is 17.7. The third-order valence-corrected chi connectivity index (χ3v) is 5.95. The van der Waals surface area contributed by atoms with Gasteiger partial charge in [-0.2, -0.15) is 15.1 Å². The molecule has 0 amide bonds. The van der Waals surface area contributed by atoms with Crippen molar-refractivity contribution in [1.29, 1.82) is 0 Å². The van der Waals surface area contributed by atoms with Crippen LogP contribution in [0.5, 0.6) is 0 Å². The third kappa shape index (κ3) is 5.62. The zero-order valence-electron chi connectivity index (χ0n) is 20.6. The van der Waals surface area contributed by atoms with Crippen molar-refractivity contribution in [2.24, 2.45) is 0 Å². The Morgan fingerprint density at radius 2 is 2.06 bits per heavy atom. The summed E-state index contributed by atoms with van der Waals surface area (Å²) in [6.45, 7) is 6.95. The van der Waals surface area contributed by atoms with Gasteiger partial charge in [0.1, 0.15) is 17.3 Å². The van der Waals surface area contributed by atoms with Gasteiger partial charge in [-0.05, 0) is 45.2 Å². The molecular weight excluding hydrogens is 458 g/mol. The van der Waals surface area contributed by atoms with Crippen LogP contribution in [0.2, 0.25) is 0 Å². The van der Waals surface area contributed by atoms with E-state index >= 15 is 0 Å². The fourth-order valence-electron chi connectivity index (χ4n) is 4.25. The van der Waals surface area contributed by atoms with E-state index < -0.39 is 0 Å². The van der Waals surface area contributed by atoms with E-state index in [0.717, 1.165) is 67.6 Å². The number of rotatable bonds is 11. The van der Waals surface area contributed by atoms with Crippen molar-refractivity contribution in [2.45, 2.75) is 39.2 Å². The van der Waals surface area contributed by atoms with Crippen molar-refractivity contribution >= 4 is 23.4 Å². The van der Waals surface area contributed by atoms with Gasteiger partial charge in [0.05, 0.1) is 11.7 Å². The molecule has 1 aliphatic rings. The fourth-order valence-corrected chi connectivity index (χ4v) is 4.25. The Kier molecular flexibility index (Phi) is 7.36. The zero-order chi connectivity index (χ0) is 24.7. The number of aromatic amines is 1. The average Bonchev–Trinajstić information content (AvgIpc) is 3.65. The second kappa shape index (κ2) is 11.2. The molecule has 3 N–H and O–H groups in total. The fraction of sp³-hybridized carbons (Fsp3) is 0.400. The number of hydrogen-bond acceptors (Lipinski definition) is 10. The molecule has 0 bridgehead atoms. The summed E-state index contributed by atoms with van der Waals surface area (Å²) in [6.07, 6.45) is 4.56. The summed E-state index contributed by atoms with van der Waals surface area (Å²) in [5, 5.41) is 18.2. The SMILES string of the molecule is CCOCCCNc1cc(Nc2cc(C)[nH]n2)nc(N2CCC[C@H]2c2cc(-c3ccccn3)no2)n1. The maximum atomic E-state index is 5.77. The number of ether oxygens (including phenoxy) is 1. The molecule has 1 aliphatic heterocycles. The number of hydrogen-bond donors (Lipinski definition) is 3. The quantitative estimate of drug-likeness (QED) is 0.259. The van der Waals surface area contributed by atoms with Crippen molar-refractivity contribution in [3.05, 3.63) is 54.0 Å². The van der Waals surface area contributed by atoms with Crippen molar-refractivity contribution in [1.82, 2.24) is 30.3 Å². The lowest BCUT2D eigenvalue weighted by Crippen LogP contribution is -2.25. The highest BCUT2D eigenvalue weighted by Crippen LogP contribution is 2.37. The predicted octanol–water partition coefficient (Wildman–Crippen LogP) is 4.48. The first kappa shape index (κ1) is 23.7. The molecule has 1 fully saturated rings. The van der Waals surface area contributed by atoms with E-state index in [0.29, 0.717) is 24.2 Å². The van der Waals surface area contributed by atoms with Crippen molar-refractivity contribution < 1.29 is 9.26 Å². The smallest absolute Gasteiger partial charge is 0.229 e. The molecule has 11 nitrogen and oxygen atoms in total. The number of pyridine rings is 1. The standard InChI is InChI=1S/C25H31N9O2/c1-3-35-13-7-11-27-22-16-23(28-24-14-17(2)31-32-24)30-25(29-22)34-12-6-9-20(34)21-15-19(33-36-21)18-8-4-5-10-26-18/h4-5,8,10,14-16,20H,3,6-7,9,11-13H2,1-2H3,(H3,27,28,29,30,31,32)/t20-/m0/s1. The number of nitrogens with zero attached hydrogens (tertiary/aromatic N) is 6. The van der Waals surface area contributed by atoms with Crippen molar-refractivity contribution in [3.8, 4) is 11.4 Å². The maximum absolute atomic E-state index is 5.77. The van der Waals surface area contributed by atoms with Gasteiger partial charge in [0, 0.05) is 56.4 Å². The summed E-state index contributed by atoms with van der Waals surface area (Å²) in [7, 11) is 0. The maximum Gasteiger partial charge on any atom is 0.229 e. The van der Waals surface area contributed by atoms with Crippen LogP contribution in [0.1, 0.15) is 43.7 Å². The third-order valence-electron chi connectivity index (χ3n) is 5.95. The lowest BCUT2D eigenvalue weighted by Gasteiger charge is -2.23. The second-order valence-corrected chi connectivity index (χ2v) is 8.66. The van der Waals surface area contributed by atoms with E-state index in [2.05, 4.69) is 35.9 Å². The summed E-state index contributed by atoms with van der Waals surface area (Å²) in [5.41, 5.74) is 2.47. The van der Waals surface area contributed by atoms with Gasteiger partial charge in [-0.3, -0.25) is 10.1 Å². The van der Waals surface area contributed by atoms with Crippen LogP contribution in [0.3, 0.4) is 0 Å². The van der Waals surface area contributed by atoms with Crippen LogP contribution in [-0.4, -0.2) is 56.6 Å². The molecule has 4 aromatic heterocycles. The van der Waals surface area contributed by atoms with Crippen LogP contribution in [0.25, 0.3) is 11.4 Å². The van der Waals surface area contributed by atoms with E-state index in [9.17, 15) is 0 Å². The van der Waals surface area contributed by atoms with Gasteiger partial charge in [-0.15, -0.1) is 0 Å². The molecule has 5 rings (SSSR count). The summed E-state index contributed by atoms with van der Waals surface area (Å²) in [5.74, 6) is 3.51. The normalized spacial score (nSPS) is 15.4. The van der Waals surface area contributed by atoms with E-state index in [4.69, 9.17) is 19.2 Å². The molecule has 36 heavy (non-hydrogen) atoms. The number of anilines is 4. The lowest BCUT2D eigenvalue weighted by atomic mass is 10.1. The Morgan fingerprint density at radius 3 is 2.86 bits per heavy atom. The average molecular weight is 490 g/mol. The Balaban J connectivity index is 1.39. The topological polar surface area (TPSA) is 130 Å². The molecule has 11 heteroatoms. The number of aromatic nitrogens is 6. The second-order valence-electron chi connectivity index (χ2n) is 8.66. The molecule has 0 aliphatic carbocycles. The highest BCUT2D eigenvalue weighted by molar-refractivity contribution is 5.60. The van der Waals surface area contributed by atoms with Gasteiger partial charge in [-0.1, -0.05) is 11.2 Å². The van der Waals surface area contributed by atoms with Gasteiger partial charge in [0.2, 0.25) is 5.95 Å². The molecule has 0 aromatic carbocycles. The van der Waals surface area contributed by atoms with Crippen LogP contribution in [-0.2, 0) is 4.74 Å². The first-order valence-electron chi connectivity index (χ1n) is 12.3. The highest BCUT2D eigenvalue weighted by Gasteiger charge is 2.32. The Hall–Kier alpha value is -3.99. The molecule has 4 aromatic rings. The molecule has 0 saturated carbocycles. The lowest BCUT2D eigenvalue weighted by molar-refractivity contribution is 0.147. The van der Waals surface area contributed by atoms with Gasteiger partial charge in [0.25, 0.3) is 0 Å². The van der Waals surface area contributed by atoms with E-state index in [-0.39, 0.29) is 6.04 Å². The van der Waals surface area contributed by atoms with Gasteiger partial charge in [-0.25, -0.2) is 0 Å². The molecule has 0 radical (unpaired) electrons. The monoisotopic (exact) mass is 489 g/mol. The minimum absolute atomic E-state index is 0.0105. The molecule has 1 atom stereocenters. The Labute approximate surface area is 209 Å². The summed E-state index contributed by atoms with van der Waals surface area (Å²) in [4.78, 5) is 16.2. The minimum Gasteiger partial charge on any atom is -0.382 e. The van der Waals surface area contributed by atoms with Crippen LogP contribution in [0, 0.1) is 6.92 Å². The van der Waals surface area contributed by atoms with Gasteiger partial charge < -0.3 is 24.8 Å². The number of nitrogens with one attached hydrogen (secondary N) is 3. The van der Waals surface area contributed by atoms with E-state index in [1.807, 2.05) is 50.2 Å². The summed E-state index contributed by atoms with van der Waals surface area (Å²) < 4.78 is 11.2. The molecule has 1 saturated heterocycles. The first-order valence-corrected chi connectivity index (χ1v) is 12.3. The Bertz CT molecular complexity index is 1260. The Morgan fingerprint density at radius 1 is 1.14 bits per heavy atom. The molecular formula is C25H31N9O2. The van der Waals surface area contributed by atoms with Crippen molar-refractivity contribution in [3.63, 3.8) is 0 Å². The largest absolute Gasteiger partial charge is 0.382 e. The zero-order valence-corrected chi connectivity index (χ0v) is 20.6. The van der Waals surface area contributed by atoms with E-state index in [1.54, 1.807) is 6.20 Å². The molecule has 5 heterocycles. The number of H-pyrrole nitrogens is 1.